The minimum Gasteiger partial charge on any atom is -0.326 e. The molecule has 1 fully saturated rings. The first-order valence-electron chi connectivity index (χ1n) is 7.06. The fraction of sp³-hybridized carbons (Fsp3) is 0.643. The lowest BCUT2D eigenvalue weighted by Gasteiger charge is -2.41. The first-order chi connectivity index (χ1) is 9.44. The molecule has 0 radical (unpaired) electrons. The van der Waals surface area contributed by atoms with Crippen molar-refractivity contribution in [2.75, 3.05) is 18.1 Å². The van der Waals surface area contributed by atoms with Crippen LogP contribution >= 0.6 is 0 Å². The summed E-state index contributed by atoms with van der Waals surface area (Å²) in [5.41, 5.74) is 7.35. The molecule has 0 spiro atoms. The summed E-state index contributed by atoms with van der Waals surface area (Å²) in [6.07, 6.45) is 4.41. The summed E-state index contributed by atoms with van der Waals surface area (Å²) in [7, 11) is -2.91. The van der Waals surface area contributed by atoms with Crippen molar-refractivity contribution in [1.29, 1.82) is 0 Å². The third-order valence-electron chi connectivity index (χ3n) is 3.98. The van der Waals surface area contributed by atoms with Gasteiger partial charge in [-0.3, -0.25) is 9.88 Å². The van der Waals surface area contributed by atoms with Gasteiger partial charge in [-0.1, -0.05) is 13.0 Å². The maximum absolute atomic E-state index is 11.7. The molecule has 0 aromatic carbocycles. The molecular formula is C14H23N3O2S. The van der Waals surface area contributed by atoms with Crippen LogP contribution in [0.25, 0.3) is 0 Å². The van der Waals surface area contributed by atoms with E-state index in [0.29, 0.717) is 6.54 Å². The van der Waals surface area contributed by atoms with Crippen LogP contribution in [0.15, 0.2) is 24.5 Å². The van der Waals surface area contributed by atoms with E-state index in [4.69, 9.17) is 5.73 Å². The molecule has 6 heteroatoms. The SMILES string of the molecule is CCC(N)C(c1cccnc1)N1CCS(=O)(=O)CC1C. The third kappa shape index (κ3) is 3.37. The molecule has 0 bridgehead atoms. The molecule has 5 nitrogen and oxygen atoms in total. The van der Waals surface area contributed by atoms with Crippen LogP contribution in [0, 0.1) is 0 Å². The molecule has 2 rings (SSSR count). The van der Waals surface area contributed by atoms with Crippen molar-refractivity contribution >= 4 is 9.84 Å². The monoisotopic (exact) mass is 297 g/mol. The van der Waals surface area contributed by atoms with Crippen molar-refractivity contribution in [1.82, 2.24) is 9.88 Å². The second-order valence-corrected chi connectivity index (χ2v) is 7.73. The Bertz CT molecular complexity index is 533. The number of sulfone groups is 1. The fourth-order valence-electron chi connectivity index (χ4n) is 2.88. The lowest BCUT2D eigenvalue weighted by Crippen LogP contribution is -2.52. The van der Waals surface area contributed by atoms with Gasteiger partial charge in [0.05, 0.1) is 17.5 Å². The van der Waals surface area contributed by atoms with E-state index in [1.54, 1.807) is 6.20 Å². The van der Waals surface area contributed by atoms with Crippen molar-refractivity contribution in [3.63, 3.8) is 0 Å². The zero-order valence-electron chi connectivity index (χ0n) is 12.1. The van der Waals surface area contributed by atoms with Gasteiger partial charge < -0.3 is 5.73 Å². The Balaban J connectivity index is 2.29. The van der Waals surface area contributed by atoms with Gasteiger partial charge in [0.25, 0.3) is 0 Å². The van der Waals surface area contributed by atoms with Gasteiger partial charge in [-0.2, -0.15) is 0 Å². The molecular weight excluding hydrogens is 274 g/mol. The summed E-state index contributed by atoms with van der Waals surface area (Å²) in [5, 5.41) is 0. The summed E-state index contributed by atoms with van der Waals surface area (Å²) in [4.78, 5) is 6.38. The first kappa shape index (κ1) is 15.4. The smallest absolute Gasteiger partial charge is 0.153 e. The second kappa shape index (κ2) is 6.20. The van der Waals surface area contributed by atoms with E-state index in [-0.39, 0.29) is 29.6 Å². The molecule has 2 N–H and O–H groups in total. The van der Waals surface area contributed by atoms with Crippen LogP contribution in [0.4, 0.5) is 0 Å². The second-order valence-electron chi connectivity index (χ2n) is 5.50. The summed E-state index contributed by atoms with van der Waals surface area (Å²) < 4.78 is 23.5. The molecule has 20 heavy (non-hydrogen) atoms. The topological polar surface area (TPSA) is 76.3 Å². The fourth-order valence-corrected chi connectivity index (χ4v) is 4.47. The standard InChI is InChI=1S/C14H23N3O2S/c1-3-13(15)14(12-5-4-6-16-9-12)17-7-8-20(18,19)10-11(17)2/h4-6,9,11,13-14H,3,7-8,10,15H2,1-2H3. The number of pyridine rings is 1. The molecule has 3 unspecified atom stereocenters. The largest absolute Gasteiger partial charge is 0.326 e. The first-order valence-corrected chi connectivity index (χ1v) is 8.88. The number of nitrogens with two attached hydrogens (primary N) is 1. The highest BCUT2D eigenvalue weighted by molar-refractivity contribution is 7.91. The Morgan fingerprint density at radius 2 is 2.30 bits per heavy atom. The van der Waals surface area contributed by atoms with Gasteiger partial charge in [0.1, 0.15) is 0 Å². The van der Waals surface area contributed by atoms with Crippen molar-refractivity contribution in [3.05, 3.63) is 30.1 Å². The van der Waals surface area contributed by atoms with Gasteiger partial charge in [-0.05, 0) is 25.0 Å². The van der Waals surface area contributed by atoms with Gasteiger partial charge >= 0.3 is 0 Å². The number of nitrogens with zero attached hydrogens (tertiary/aromatic N) is 2. The van der Waals surface area contributed by atoms with Crippen LogP contribution in [-0.4, -0.2) is 48.4 Å². The van der Waals surface area contributed by atoms with Crippen LogP contribution < -0.4 is 5.73 Å². The van der Waals surface area contributed by atoms with Gasteiger partial charge in [-0.25, -0.2) is 8.42 Å². The Morgan fingerprint density at radius 3 is 2.85 bits per heavy atom. The maximum atomic E-state index is 11.7. The molecule has 1 aliphatic rings. The highest BCUT2D eigenvalue weighted by Gasteiger charge is 2.35. The molecule has 3 atom stereocenters. The molecule has 1 saturated heterocycles. The van der Waals surface area contributed by atoms with Crippen molar-refractivity contribution < 1.29 is 8.42 Å². The zero-order valence-corrected chi connectivity index (χ0v) is 12.9. The Morgan fingerprint density at radius 1 is 1.55 bits per heavy atom. The average molecular weight is 297 g/mol. The summed E-state index contributed by atoms with van der Waals surface area (Å²) >= 11 is 0. The van der Waals surface area contributed by atoms with Gasteiger partial charge in [-0.15, -0.1) is 0 Å². The molecule has 112 valence electrons. The minimum atomic E-state index is -2.91. The zero-order chi connectivity index (χ0) is 14.8. The predicted octanol–water partition coefficient (Wildman–Crippen LogP) is 0.979. The third-order valence-corrected chi connectivity index (χ3v) is 5.78. The Labute approximate surface area is 121 Å². The van der Waals surface area contributed by atoms with Gasteiger partial charge in [0.15, 0.2) is 9.84 Å². The molecule has 2 heterocycles. The predicted molar refractivity (Wildman–Crippen MR) is 80.1 cm³/mol. The van der Waals surface area contributed by atoms with E-state index in [2.05, 4.69) is 16.8 Å². The molecule has 1 aromatic rings. The van der Waals surface area contributed by atoms with Crippen LogP contribution in [-0.2, 0) is 9.84 Å². The maximum Gasteiger partial charge on any atom is 0.153 e. The number of hydrogen-bond acceptors (Lipinski definition) is 5. The lowest BCUT2D eigenvalue weighted by atomic mass is 9.96. The van der Waals surface area contributed by atoms with Crippen molar-refractivity contribution in [3.8, 4) is 0 Å². The highest BCUT2D eigenvalue weighted by Crippen LogP contribution is 2.29. The normalized spacial score (nSPS) is 26.1. The molecule has 0 aliphatic carbocycles. The average Bonchev–Trinajstić information content (AvgIpc) is 2.42. The van der Waals surface area contributed by atoms with Crippen LogP contribution in [0.2, 0.25) is 0 Å². The molecule has 1 aromatic heterocycles. The summed E-state index contributed by atoms with van der Waals surface area (Å²) in [5.74, 6) is 0.421. The number of rotatable bonds is 4. The van der Waals surface area contributed by atoms with Gasteiger partial charge in [0.2, 0.25) is 0 Å². The highest BCUT2D eigenvalue weighted by atomic mass is 32.2. The van der Waals surface area contributed by atoms with Crippen LogP contribution in [0.5, 0.6) is 0 Å². The van der Waals surface area contributed by atoms with E-state index in [9.17, 15) is 8.42 Å². The minimum absolute atomic E-state index is 0.0171. The van der Waals surface area contributed by atoms with E-state index in [0.717, 1.165) is 12.0 Å². The van der Waals surface area contributed by atoms with Crippen LogP contribution in [0.3, 0.4) is 0 Å². The van der Waals surface area contributed by atoms with Crippen molar-refractivity contribution in [2.24, 2.45) is 5.73 Å². The Kier molecular flexibility index (Phi) is 4.78. The summed E-state index contributed by atoms with van der Waals surface area (Å²) in [6.45, 7) is 4.55. The lowest BCUT2D eigenvalue weighted by molar-refractivity contribution is 0.134. The Hall–Kier alpha value is -0.980. The quantitative estimate of drug-likeness (QED) is 0.896. The number of hydrogen-bond donors (Lipinski definition) is 1. The van der Waals surface area contributed by atoms with Gasteiger partial charge in [0, 0.05) is 31.0 Å². The molecule has 0 saturated carbocycles. The van der Waals surface area contributed by atoms with E-state index >= 15 is 0 Å². The van der Waals surface area contributed by atoms with E-state index < -0.39 is 9.84 Å². The molecule has 1 aliphatic heterocycles. The number of aromatic nitrogens is 1. The molecule has 0 amide bonds. The summed E-state index contributed by atoms with van der Waals surface area (Å²) in [6, 6.07) is 3.90. The van der Waals surface area contributed by atoms with E-state index in [1.807, 2.05) is 25.3 Å². The van der Waals surface area contributed by atoms with Crippen LogP contribution in [0.1, 0.15) is 31.9 Å². The van der Waals surface area contributed by atoms with E-state index in [1.165, 1.54) is 0 Å². The van der Waals surface area contributed by atoms with Crippen molar-refractivity contribution in [2.45, 2.75) is 38.4 Å².